The lowest BCUT2D eigenvalue weighted by atomic mass is 9.96. The van der Waals surface area contributed by atoms with E-state index in [-0.39, 0.29) is 0 Å². The van der Waals surface area contributed by atoms with Gasteiger partial charge >= 0.3 is 0 Å². The minimum absolute atomic E-state index is 1.11. The standard InChI is InChI=1S/C50H33NS/c1-3-18-41-34(12-1)14-10-22-43(41)36-26-29-39(30-27-36)51(40-17-9-16-37(32-40)44-23-11-15-35-13-2-4-19-42(35)44)48-24-7-5-20-45(48)38-28-31-50-47(33-38)46-21-6-8-25-49(46)52-50/h1-33H. The molecule has 0 bridgehead atoms. The molecule has 1 aromatic heterocycles. The Morgan fingerprint density at radius 3 is 1.62 bits per heavy atom. The van der Waals surface area contributed by atoms with Crippen LogP contribution in [0.3, 0.4) is 0 Å². The van der Waals surface area contributed by atoms with E-state index < -0.39 is 0 Å². The van der Waals surface area contributed by atoms with Crippen molar-refractivity contribution in [2.24, 2.45) is 0 Å². The fourth-order valence-corrected chi connectivity index (χ4v) is 8.88. The highest BCUT2D eigenvalue weighted by Gasteiger charge is 2.19. The molecule has 0 amide bonds. The first-order valence-corrected chi connectivity index (χ1v) is 18.6. The molecule has 1 heterocycles. The summed E-state index contributed by atoms with van der Waals surface area (Å²) in [6, 6.07) is 73.0. The topological polar surface area (TPSA) is 3.24 Å². The van der Waals surface area contributed by atoms with E-state index in [1.54, 1.807) is 0 Å². The minimum atomic E-state index is 1.11. The number of hydrogen-bond donors (Lipinski definition) is 0. The van der Waals surface area contributed by atoms with Crippen LogP contribution in [0.25, 0.3) is 75.1 Å². The highest BCUT2D eigenvalue weighted by Crippen LogP contribution is 2.44. The van der Waals surface area contributed by atoms with Crippen molar-refractivity contribution in [2.45, 2.75) is 0 Å². The quantitative estimate of drug-likeness (QED) is 0.169. The zero-order chi connectivity index (χ0) is 34.4. The Kier molecular flexibility index (Phi) is 7.41. The van der Waals surface area contributed by atoms with E-state index in [4.69, 9.17) is 0 Å². The maximum absolute atomic E-state index is 2.42. The first-order valence-electron chi connectivity index (χ1n) is 17.8. The third kappa shape index (κ3) is 5.24. The van der Waals surface area contributed by atoms with Gasteiger partial charge in [0.2, 0.25) is 0 Å². The predicted molar refractivity (Wildman–Crippen MR) is 225 cm³/mol. The first kappa shape index (κ1) is 30.4. The number of fused-ring (bicyclic) bond motifs is 5. The average Bonchev–Trinajstić information content (AvgIpc) is 3.59. The minimum Gasteiger partial charge on any atom is -0.310 e. The van der Waals surface area contributed by atoms with Crippen LogP contribution in [-0.4, -0.2) is 0 Å². The molecule has 0 N–H and O–H groups in total. The second kappa shape index (κ2) is 12.7. The Balaban J connectivity index is 1.16. The molecule has 10 rings (SSSR count). The van der Waals surface area contributed by atoms with E-state index in [2.05, 4.69) is 205 Å². The van der Waals surface area contributed by atoms with Crippen LogP contribution in [0, 0.1) is 0 Å². The number of rotatable bonds is 6. The summed E-state index contributed by atoms with van der Waals surface area (Å²) in [5.41, 5.74) is 10.6. The van der Waals surface area contributed by atoms with Gasteiger partial charge in [-0.1, -0.05) is 152 Å². The number of para-hydroxylation sites is 1. The van der Waals surface area contributed by atoms with Crippen molar-refractivity contribution < 1.29 is 0 Å². The van der Waals surface area contributed by atoms with Crippen LogP contribution in [0.1, 0.15) is 0 Å². The van der Waals surface area contributed by atoms with Gasteiger partial charge in [-0.3, -0.25) is 0 Å². The zero-order valence-corrected chi connectivity index (χ0v) is 29.2. The smallest absolute Gasteiger partial charge is 0.0540 e. The molecule has 0 spiro atoms. The van der Waals surface area contributed by atoms with E-state index in [0.717, 1.165) is 17.1 Å². The largest absolute Gasteiger partial charge is 0.310 e. The van der Waals surface area contributed by atoms with E-state index in [1.165, 1.54) is 75.1 Å². The van der Waals surface area contributed by atoms with Crippen molar-refractivity contribution in [2.75, 3.05) is 4.90 Å². The molecular weight excluding hydrogens is 647 g/mol. The fraction of sp³-hybridized carbons (Fsp3) is 0. The van der Waals surface area contributed by atoms with Crippen LogP contribution in [0.5, 0.6) is 0 Å². The maximum Gasteiger partial charge on any atom is 0.0540 e. The lowest BCUT2D eigenvalue weighted by Crippen LogP contribution is -2.11. The normalized spacial score (nSPS) is 11.5. The summed E-state index contributed by atoms with van der Waals surface area (Å²) in [4.78, 5) is 2.42. The number of hydrogen-bond acceptors (Lipinski definition) is 2. The molecule has 0 fully saturated rings. The number of anilines is 3. The van der Waals surface area contributed by atoms with Crippen LogP contribution >= 0.6 is 11.3 Å². The lowest BCUT2D eigenvalue weighted by Gasteiger charge is -2.28. The summed E-state index contributed by atoms with van der Waals surface area (Å²) in [5.74, 6) is 0. The van der Waals surface area contributed by atoms with Gasteiger partial charge in [-0.15, -0.1) is 11.3 Å². The number of nitrogens with zero attached hydrogens (tertiary/aromatic N) is 1. The van der Waals surface area contributed by atoms with Gasteiger partial charge in [-0.25, -0.2) is 0 Å². The van der Waals surface area contributed by atoms with Crippen molar-refractivity contribution in [1.29, 1.82) is 0 Å². The van der Waals surface area contributed by atoms with Gasteiger partial charge in [-0.2, -0.15) is 0 Å². The Morgan fingerprint density at radius 1 is 0.308 bits per heavy atom. The van der Waals surface area contributed by atoms with Gasteiger partial charge in [0.05, 0.1) is 5.69 Å². The third-order valence-corrected chi connectivity index (χ3v) is 11.4. The van der Waals surface area contributed by atoms with Crippen LogP contribution in [-0.2, 0) is 0 Å². The molecule has 0 aliphatic rings. The Labute approximate surface area is 307 Å². The van der Waals surface area contributed by atoms with E-state index in [9.17, 15) is 0 Å². The molecule has 0 saturated carbocycles. The summed E-state index contributed by atoms with van der Waals surface area (Å²) in [6.07, 6.45) is 0. The van der Waals surface area contributed by atoms with Gasteiger partial charge in [0.25, 0.3) is 0 Å². The van der Waals surface area contributed by atoms with Gasteiger partial charge in [0.1, 0.15) is 0 Å². The highest BCUT2D eigenvalue weighted by atomic mass is 32.1. The summed E-state index contributed by atoms with van der Waals surface area (Å²) < 4.78 is 2.63. The van der Waals surface area contributed by atoms with Crippen molar-refractivity contribution in [3.63, 3.8) is 0 Å². The van der Waals surface area contributed by atoms with E-state index >= 15 is 0 Å². The van der Waals surface area contributed by atoms with Crippen molar-refractivity contribution in [3.05, 3.63) is 200 Å². The van der Waals surface area contributed by atoms with Gasteiger partial charge in [-0.05, 0) is 97.9 Å². The summed E-state index contributed by atoms with van der Waals surface area (Å²) in [5, 5.41) is 7.62. The molecule has 0 aliphatic carbocycles. The number of benzene rings is 9. The number of thiophene rings is 1. The Bertz CT molecular complexity index is 2910. The van der Waals surface area contributed by atoms with Crippen molar-refractivity contribution in [3.8, 4) is 33.4 Å². The molecule has 10 aromatic rings. The van der Waals surface area contributed by atoms with Crippen LogP contribution in [0.2, 0.25) is 0 Å². The highest BCUT2D eigenvalue weighted by molar-refractivity contribution is 7.25. The first-order chi connectivity index (χ1) is 25.8. The monoisotopic (exact) mass is 679 g/mol. The Hall–Kier alpha value is -6.48. The molecule has 1 nitrogen and oxygen atoms in total. The second-order valence-corrected chi connectivity index (χ2v) is 14.4. The van der Waals surface area contributed by atoms with Crippen LogP contribution < -0.4 is 4.90 Å². The van der Waals surface area contributed by atoms with Gasteiger partial charge < -0.3 is 4.90 Å². The van der Waals surface area contributed by atoms with Crippen LogP contribution in [0.15, 0.2) is 200 Å². The molecule has 9 aromatic carbocycles. The summed E-state index contributed by atoms with van der Waals surface area (Å²) >= 11 is 1.86. The maximum atomic E-state index is 2.42. The Morgan fingerprint density at radius 2 is 0.846 bits per heavy atom. The molecule has 52 heavy (non-hydrogen) atoms. The van der Waals surface area contributed by atoms with Crippen molar-refractivity contribution >= 4 is 70.1 Å². The van der Waals surface area contributed by atoms with E-state index in [0.29, 0.717) is 0 Å². The third-order valence-electron chi connectivity index (χ3n) is 10.3. The summed E-state index contributed by atoms with van der Waals surface area (Å²) in [7, 11) is 0. The lowest BCUT2D eigenvalue weighted by molar-refractivity contribution is 1.28. The SMILES string of the molecule is c1cc(-c2cccc3ccccc23)cc(N(c2ccc(-c3cccc4ccccc34)cc2)c2ccccc2-c2ccc3sc4ccccc4c3c2)c1. The molecule has 244 valence electrons. The molecule has 0 saturated heterocycles. The van der Waals surface area contributed by atoms with E-state index in [1.807, 2.05) is 11.3 Å². The van der Waals surface area contributed by atoms with Gasteiger partial charge in [0, 0.05) is 37.1 Å². The molecule has 0 radical (unpaired) electrons. The molecular formula is C50H33NS. The van der Waals surface area contributed by atoms with Crippen molar-refractivity contribution in [1.82, 2.24) is 0 Å². The zero-order valence-electron chi connectivity index (χ0n) is 28.4. The molecule has 0 unspecified atom stereocenters. The summed E-state index contributed by atoms with van der Waals surface area (Å²) in [6.45, 7) is 0. The van der Waals surface area contributed by atoms with Crippen LogP contribution in [0.4, 0.5) is 17.1 Å². The van der Waals surface area contributed by atoms with Gasteiger partial charge in [0.15, 0.2) is 0 Å². The second-order valence-electron chi connectivity index (χ2n) is 13.3. The fourth-order valence-electron chi connectivity index (χ4n) is 7.79. The predicted octanol–water partition coefficient (Wildman–Crippen LogP) is 14.8. The average molecular weight is 680 g/mol. The molecule has 0 aliphatic heterocycles. The molecule has 2 heteroatoms. The molecule has 0 atom stereocenters.